The first-order valence-electron chi connectivity index (χ1n) is 12.0. The van der Waals surface area contributed by atoms with Gasteiger partial charge in [-0.1, -0.05) is 48.5 Å². The molecular formula is C29H27ClF3N3O. The molecule has 0 saturated carbocycles. The number of likely N-dealkylation sites (tertiary alicyclic amines) is 1. The molecule has 0 unspecified atom stereocenters. The van der Waals surface area contributed by atoms with Crippen LogP contribution in [0.5, 0.6) is 0 Å². The van der Waals surface area contributed by atoms with Gasteiger partial charge in [0.05, 0.1) is 11.1 Å². The molecule has 2 heterocycles. The number of amides is 1. The summed E-state index contributed by atoms with van der Waals surface area (Å²) in [6.45, 7) is 2.56. The second-order valence-electron chi connectivity index (χ2n) is 9.13. The molecule has 1 aromatic heterocycles. The predicted octanol–water partition coefficient (Wildman–Crippen LogP) is 6.74. The summed E-state index contributed by atoms with van der Waals surface area (Å²) in [4.78, 5) is 20.0. The van der Waals surface area contributed by atoms with Gasteiger partial charge in [0, 0.05) is 42.8 Å². The molecule has 0 aliphatic carbocycles. The summed E-state index contributed by atoms with van der Waals surface area (Å²) < 4.78 is 38.8. The quantitative estimate of drug-likeness (QED) is 0.314. The predicted molar refractivity (Wildman–Crippen MR) is 142 cm³/mol. The molecule has 0 spiro atoms. The minimum Gasteiger partial charge on any atom is -0.349 e. The van der Waals surface area contributed by atoms with Gasteiger partial charge in [-0.3, -0.25) is 14.7 Å². The van der Waals surface area contributed by atoms with Crippen LogP contribution >= 0.6 is 12.4 Å². The lowest BCUT2D eigenvalue weighted by atomic mass is 9.97. The van der Waals surface area contributed by atoms with Crippen LogP contribution in [0.4, 0.5) is 13.2 Å². The SMILES string of the molecule is Cl.O=C(NC1CCN(Cc2ccnc3ccccc23)CC1)c1ccccc1-c1ccc(C(F)(F)F)cc1. The highest BCUT2D eigenvalue weighted by molar-refractivity contribution is 6.01. The molecule has 4 nitrogen and oxygen atoms in total. The maximum atomic E-state index is 13.1. The number of carbonyl (C=O) groups excluding carboxylic acids is 1. The Morgan fingerprint density at radius 2 is 1.59 bits per heavy atom. The van der Waals surface area contributed by atoms with Crippen LogP contribution in [0.3, 0.4) is 0 Å². The summed E-state index contributed by atoms with van der Waals surface area (Å²) in [7, 11) is 0. The third-order valence-electron chi connectivity index (χ3n) is 6.75. The maximum Gasteiger partial charge on any atom is 0.416 e. The summed E-state index contributed by atoms with van der Waals surface area (Å²) >= 11 is 0. The van der Waals surface area contributed by atoms with Crippen molar-refractivity contribution in [3.8, 4) is 11.1 Å². The van der Waals surface area contributed by atoms with E-state index in [0.29, 0.717) is 16.7 Å². The Morgan fingerprint density at radius 1 is 0.919 bits per heavy atom. The molecule has 0 atom stereocenters. The number of rotatable bonds is 5. The summed E-state index contributed by atoms with van der Waals surface area (Å²) in [5.41, 5.74) is 3.18. The van der Waals surface area contributed by atoms with Gasteiger partial charge < -0.3 is 5.32 Å². The van der Waals surface area contributed by atoms with Crippen LogP contribution in [-0.2, 0) is 12.7 Å². The summed E-state index contributed by atoms with van der Waals surface area (Å²) in [6.07, 6.45) is -0.887. The van der Waals surface area contributed by atoms with Gasteiger partial charge in [-0.25, -0.2) is 0 Å². The van der Waals surface area contributed by atoms with Crippen LogP contribution in [0.2, 0.25) is 0 Å². The van der Waals surface area contributed by atoms with Crippen molar-refractivity contribution in [1.82, 2.24) is 15.2 Å². The zero-order valence-electron chi connectivity index (χ0n) is 20.0. The van der Waals surface area contributed by atoms with Crippen molar-refractivity contribution < 1.29 is 18.0 Å². The lowest BCUT2D eigenvalue weighted by Crippen LogP contribution is -2.44. The highest BCUT2D eigenvalue weighted by Gasteiger charge is 2.30. The Kier molecular flexibility index (Phi) is 8.15. The maximum absolute atomic E-state index is 13.1. The fraction of sp³-hybridized carbons (Fsp3) is 0.241. The van der Waals surface area contributed by atoms with Gasteiger partial charge in [0.25, 0.3) is 5.91 Å². The van der Waals surface area contributed by atoms with Crippen molar-refractivity contribution in [1.29, 1.82) is 0 Å². The number of halogens is 4. The minimum atomic E-state index is -4.39. The number of alkyl halides is 3. The average Bonchev–Trinajstić information content (AvgIpc) is 2.89. The van der Waals surface area contributed by atoms with E-state index in [2.05, 4.69) is 27.3 Å². The lowest BCUT2D eigenvalue weighted by Gasteiger charge is -2.32. The zero-order valence-corrected chi connectivity index (χ0v) is 20.9. The minimum absolute atomic E-state index is 0. The van der Waals surface area contributed by atoms with Crippen LogP contribution in [0.1, 0.15) is 34.3 Å². The Bertz CT molecular complexity index is 1360. The smallest absolute Gasteiger partial charge is 0.349 e. The molecule has 1 amide bonds. The Balaban J connectivity index is 0.00000320. The number of piperidine rings is 1. The number of para-hydroxylation sites is 1. The van der Waals surface area contributed by atoms with Crippen molar-refractivity contribution >= 4 is 29.2 Å². The second kappa shape index (κ2) is 11.3. The summed E-state index contributed by atoms with van der Waals surface area (Å²) in [6, 6.07) is 22.2. The van der Waals surface area contributed by atoms with Crippen molar-refractivity contribution in [3.63, 3.8) is 0 Å². The fourth-order valence-electron chi connectivity index (χ4n) is 4.80. The number of pyridine rings is 1. The molecule has 1 N–H and O–H groups in total. The van der Waals surface area contributed by atoms with Crippen molar-refractivity contribution in [3.05, 3.63) is 102 Å². The zero-order chi connectivity index (χ0) is 25.1. The molecule has 0 bridgehead atoms. The molecular weight excluding hydrogens is 499 g/mol. The Morgan fingerprint density at radius 3 is 2.32 bits per heavy atom. The van der Waals surface area contributed by atoms with E-state index in [9.17, 15) is 18.0 Å². The van der Waals surface area contributed by atoms with E-state index >= 15 is 0 Å². The van der Waals surface area contributed by atoms with E-state index in [1.165, 1.54) is 17.7 Å². The number of nitrogens with zero attached hydrogens (tertiary/aromatic N) is 2. The number of carbonyl (C=O) groups is 1. The van der Waals surface area contributed by atoms with Gasteiger partial charge in [0.1, 0.15) is 0 Å². The van der Waals surface area contributed by atoms with E-state index in [-0.39, 0.29) is 24.4 Å². The largest absolute Gasteiger partial charge is 0.416 e. The van der Waals surface area contributed by atoms with Crippen LogP contribution in [0, 0.1) is 0 Å². The van der Waals surface area contributed by atoms with Crippen molar-refractivity contribution in [2.75, 3.05) is 13.1 Å². The topological polar surface area (TPSA) is 45.2 Å². The molecule has 3 aromatic carbocycles. The van der Waals surface area contributed by atoms with E-state index < -0.39 is 11.7 Å². The third kappa shape index (κ3) is 6.12. The standard InChI is InChI=1S/C29H26F3N3O.ClH/c30-29(31,32)22-11-9-20(10-12-22)24-5-1-2-7-26(24)28(36)34-23-14-17-35(18-15-23)19-21-13-16-33-27-8-4-3-6-25(21)27;/h1-13,16,23H,14-15,17-19H2,(H,34,36);1H. The van der Waals surface area contributed by atoms with Crippen molar-refractivity contribution in [2.45, 2.75) is 31.6 Å². The van der Waals surface area contributed by atoms with E-state index in [0.717, 1.165) is 55.5 Å². The molecule has 4 aromatic rings. The lowest BCUT2D eigenvalue weighted by molar-refractivity contribution is -0.137. The normalized spacial score (nSPS) is 14.8. The fourth-order valence-corrected chi connectivity index (χ4v) is 4.80. The molecule has 1 aliphatic heterocycles. The van der Waals surface area contributed by atoms with Crippen LogP contribution in [-0.4, -0.2) is 34.9 Å². The highest BCUT2D eigenvalue weighted by Crippen LogP contribution is 2.32. The molecule has 1 saturated heterocycles. The van der Waals surface area contributed by atoms with Gasteiger partial charge >= 0.3 is 6.18 Å². The van der Waals surface area contributed by atoms with Crippen LogP contribution < -0.4 is 5.32 Å². The first kappa shape index (κ1) is 26.6. The highest BCUT2D eigenvalue weighted by atomic mass is 35.5. The van der Waals surface area contributed by atoms with E-state index in [4.69, 9.17) is 0 Å². The van der Waals surface area contributed by atoms with Gasteiger partial charge in [0.15, 0.2) is 0 Å². The van der Waals surface area contributed by atoms with Gasteiger partial charge in [-0.2, -0.15) is 13.2 Å². The third-order valence-corrected chi connectivity index (χ3v) is 6.75. The average molecular weight is 526 g/mol. The van der Waals surface area contributed by atoms with Crippen molar-refractivity contribution in [2.24, 2.45) is 0 Å². The number of benzene rings is 3. The van der Waals surface area contributed by atoms with E-state index in [1.807, 2.05) is 24.4 Å². The Labute approximate surface area is 219 Å². The molecule has 1 aliphatic rings. The summed E-state index contributed by atoms with van der Waals surface area (Å²) in [5, 5.41) is 4.30. The molecule has 5 rings (SSSR count). The molecule has 37 heavy (non-hydrogen) atoms. The monoisotopic (exact) mass is 525 g/mol. The van der Waals surface area contributed by atoms with E-state index in [1.54, 1.807) is 24.3 Å². The van der Waals surface area contributed by atoms with Gasteiger partial charge in [-0.05, 0) is 59.9 Å². The number of nitrogens with one attached hydrogen (secondary N) is 1. The number of hydrogen-bond donors (Lipinski definition) is 1. The summed E-state index contributed by atoms with van der Waals surface area (Å²) in [5.74, 6) is -0.205. The molecule has 0 radical (unpaired) electrons. The number of hydrogen-bond acceptors (Lipinski definition) is 3. The second-order valence-corrected chi connectivity index (χ2v) is 9.13. The first-order chi connectivity index (χ1) is 17.4. The first-order valence-corrected chi connectivity index (χ1v) is 12.0. The molecule has 1 fully saturated rings. The molecule has 8 heteroatoms. The number of fused-ring (bicyclic) bond motifs is 1. The Hall–Kier alpha value is -3.42. The van der Waals surface area contributed by atoms with Gasteiger partial charge in [0.2, 0.25) is 0 Å². The van der Waals surface area contributed by atoms with Crippen LogP contribution in [0.25, 0.3) is 22.0 Å². The van der Waals surface area contributed by atoms with Gasteiger partial charge in [-0.15, -0.1) is 12.4 Å². The van der Waals surface area contributed by atoms with Crippen LogP contribution in [0.15, 0.2) is 85.1 Å². The molecule has 192 valence electrons. The number of aromatic nitrogens is 1.